The molecule has 0 N–H and O–H groups in total. The zero-order chi connectivity index (χ0) is 17.6. The average Bonchev–Trinajstić information content (AvgIpc) is 3.20. The summed E-state index contributed by atoms with van der Waals surface area (Å²) >= 11 is 0. The molecule has 0 spiro atoms. The van der Waals surface area contributed by atoms with Gasteiger partial charge in [0.1, 0.15) is 5.75 Å². The van der Waals surface area contributed by atoms with E-state index in [0.717, 1.165) is 43.5 Å². The fraction of sp³-hybridized carbons (Fsp3) is 0.650. The van der Waals surface area contributed by atoms with Crippen molar-refractivity contribution in [2.75, 3.05) is 26.4 Å². The predicted octanol–water partition coefficient (Wildman–Crippen LogP) is 3.33. The number of hydrogen-bond acceptors (Lipinski definition) is 4. The molecule has 3 rings (SSSR count). The number of carbonyl (C=O) groups is 1. The van der Waals surface area contributed by atoms with Gasteiger partial charge in [-0.2, -0.15) is 0 Å². The number of nitrogens with zero attached hydrogens (tertiary/aromatic N) is 1. The molecule has 1 amide bonds. The monoisotopic (exact) mass is 347 g/mol. The molecular weight excluding hydrogens is 318 g/mol. The van der Waals surface area contributed by atoms with Crippen LogP contribution in [-0.2, 0) is 14.3 Å². The number of ether oxygens (including phenoxy) is 3. The first-order valence-corrected chi connectivity index (χ1v) is 9.45. The van der Waals surface area contributed by atoms with Crippen molar-refractivity contribution in [2.45, 2.75) is 57.8 Å². The zero-order valence-electron chi connectivity index (χ0n) is 15.3. The minimum Gasteiger partial charge on any atom is -0.483 e. The van der Waals surface area contributed by atoms with Crippen molar-refractivity contribution in [1.82, 2.24) is 4.90 Å². The van der Waals surface area contributed by atoms with Crippen LogP contribution < -0.4 is 4.74 Å². The first kappa shape index (κ1) is 18.2. The molecule has 0 radical (unpaired) electrons. The van der Waals surface area contributed by atoms with Gasteiger partial charge in [-0.3, -0.25) is 4.79 Å². The summed E-state index contributed by atoms with van der Waals surface area (Å²) in [6, 6.07) is 8.02. The van der Waals surface area contributed by atoms with Crippen LogP contribution in [0, 0.1) is 0 Å². The zero-order valence-corrected chi connectivity index (χ0v) is 15.3. The molecule has 138 valence electrons. The van der Waals surface area contributed by atoms with Gasteiger partial charge >= 0.3 is 0 Å². The maximum atomic E-state index is 12.8. The van der Waals surface area contributed by atoms with E-state index in [2.05, 4.69) is 19.9 Å². The highest BCUT2D eigenvalue weighted by Gasteiger charge is 2.36. The summed E-state index contributed by atoms with van der Waals surface area (Å²) in [7, 11) is 0. The third-order valence-corrected chi connectivity index (χ3v) is 5.24. The van der Waals surface area contributed by atoms with E-state index in [4.69, 9.17) is 14.2 Å². The van der Waals surface area contributed by atoms with Crippen LogP contribution in [0.3, 0.4) is 0 Å². The Bertz CT molecular complexity index is 571. The fourth-order valence-corrected chi connectivity index (χ4v) is 3.61. The van der Waals surface area contributed by atoms with Gasteiger partial charge in [-0.25, -0.2) is 0 Å². The molecule has 2 saturated heterocycles. The fourth-order valence-electron chi connectivity index (χ4n) is 3.61. The third-order valence-electron chi connectivity index (χ3n) is 5.24. The molecule has 0 bridgehead atoms. The largest absolute Gasteiger partial charge is 0.483 e. The van der Waals surface area contributed by atoms with Crippen LogP contribution in [0.1, 0.15) is 51.0 Å². The lowest BCUT2D eigenvalue weighted by molar-refractivity contribution is -0.152. The van der Waals surface area contributed by atoms with E-state index >= 15 is 0 Å². The van der Waals surface area contributed by atoms with Crippen molar-refractivity contribution in [3.8, 4) is 5.75 Å². The molecule has 2 aliphatic rings. The summed E-state index contributed by atoms with van der Waals surface area (Å²) in [5.41, 5.74) is 1.16. The second-order valence-corrected chi connectivity index (χ2v) is 6.90. The average molecular weight is 347 g/mol. The first-order chi connectivity index (χ1) is 12.2. The molecule has 0 aromatic heterocycles. The van der Waals surface area contributed by atoms with Crippen molar-refractivity contribution in [2.24, 2.45) is 0 Å². The lowest BCUT2D eigenvalue weighted by Crippen LogP contribution is -2.51. The number of likely N-dealkylation sites (tertiary alicyclic amines) is 1. The van der Waals surface area contributed by atoms with Crippen LogP contribution in [0.2, 0.25) is 0 Å². The summed E-state index contributed by atoms with van der Waals surface area (Å²) < 4.78 is 17.2. The number of carbonyl (C=O) groups excluding carboxylic acids is 1. The van der Waals surface area contributed by atoms with Gasteiger partial charge in [0.2, 0.25) is 0 Å². The summed E-state index contributed by atoms with van der Waals surface area (Å²) in [5, 5.41) is 0. The van der Waals surface area contributed by atoms with Crippen LogP contribution in [0.25, 0.3) is 0 Å². The van der Waals surface area contributed by atoms with Crippen molar-refractivity contribution >= 4 is 5.91 Å². The summed E-state index contributed by atoms with van der Waals surface area (Å²) in [5.74, 6) is 1.24. The Hall–Kier alpha value is -1.59. The van der Waals surface area contributed by atoms with Gasteiger partial charge in [0, 0.05) is 6.54 Å². The Morgan fingerprint density at radius 1 is 1.28 bits per heavy atom. The molecule has 1 aromatic carbocycles. The lowest BCUT2D eigenvalue weighted by atomic mass is 9.98. The normalized spacial score (nSPS) is 22.8. The van der Waals surface area contributed by atoms with Crippen molar-refractivity contribution in [3.05, 3.63) is 29.8 Å². The van der Waals surface area contributed by atoms with Gasteiger partial charge in [0.05, 0.1) is 19.3 Å². The van der Waals surface area contributed by atoms with E-state index in [9.17, 15) is 4.79 Å². The number of rotatable bonds is 6. The van der Waals surface area contributed by atoms with Crippen LogP contribution in [0.5, 0.6) is 5.75 Å². The second-order valence-electron chi connectivity index (χ2n) is 6.90. The minimum absolute atomic E-state index is 0.0113. The highest BCUT2D eigenvalue weighted by Crippen LogP contribution is 2.29. The van der Waals surface area contributed by atoms with Gasteiger partial charge in [0.15, 0.2) is 12.9 Å². The highest BCUT2D eigenvalue weighted by molar-refractivity contribution is 5.78. The van der Waals surface area contributed by atoms with Crippen LogP contribution in [-0.4, -0.2) is 49.5 Å². The minimum atomic E-state index is -0.281. The van der Waals surface area contributed by atoms with Crippen LogP contribution >= 0.6 is 0 Å². The van der Waals surface area contributed by atoms with Gasteiger partial charge in [-0.1, -0.05) is 32.0 Å². The van der Waals surface area contributed by atoms with E-state index in [1.54, 1.807) is 0 Å². The quantitative estimate of drug-likeness (QED) is 0.792. The molecule has 0 aliphatic carbocycles. The number of piperidine rings is 1. The SMILES string of the molecule is CCC(C)c1ccccc1OCC(=O)N1CCCCC1C1OCCO1. The number of para-hydroxylation sites is 1. The van der Waals surface area contributed by atoms with Gasteiger partial charge in [-0.15, -0.1) is 0 Å². The van der Waals surface area contributed by atoms with E-state index < -0.39 is 0 Å². The molecule has 2 unspecified atom stereocenters. The van der Waals surface area contributed by atoms with Gasteiger partial charge < -0.3 is 19.1 Å². The van der Waals surface area contributed by atoms with Crippen molar-refractivity contribution in [3.63, 3.8) is 0 Å². The summed E-state index contributed by atoms with van der Waals surface area (Å²) in [6.45, 7) is 6.38. The molecule has 0 saturated carbocycles. The van der Waals surface area contributed by atoms with Crippen LogP contribution in [0.15, 0.2) is 24.3 Å². The molecule has 2 heterocycles. The molecule has 5 nitrogen and oxygen atoms in total. The Morgan fingerprint density at radius 3 is 2.80 bits per heavy atom. The standard InChI is InChI=1S/C20H29NO4/c1-3-15(2)16-8-4-5-10-18(16)25-14-19(22)21-11-7-6-9-17(21)20-23-12-13-24-20/h4-5,8,10,15,17,20H,3,6-7,9,11-14H2,1-2H3. The molecule has 2 fully saturated rings. The van der Waals surface area contributed by atoms with Gasteiger partial charge in [0.25, 0.3) is 5.91 Å². The van der Waals surface area contributed by atoms with E-state index in [-0.39, 0.29) is 24.8 Å². The molecule has 25 heavy (non-hydrogen) atoms. The Balaban J connectivity index is 1.63. The number of hydrogen-bond donors (Lipinski definition) is 0. The van der Waals surface area contributed by atoms with E-state index in [1.165, 1.54) is 0 Å². The molecule has 2 atom stereocenters. The Kier molecular flexibility index (Phi) is 6.32. The van der Waals surface area contributed by atoms with Crippen molar-refractivity contribution in [1.29, 1.82) is 0 Å². The summed E-state index contributed by atoms with van der Waals surface area (Å²) in [4.78, 5) is 14.7. The van der Waals surface area contributed by atoms with Gasteiger partial charge in [-0.05, 0) is 43.2 Å². The number of amides is 1. The molecule has 2 aliphatic heterocycles. The third kappa shape index (κ3) is 4.33. The lowest BCUT2D eigenvalue weighted by Gasteiger charge is -2.37. The van der Waals surface area contributed by atoms with E-state index in [1.807, 2.05) is 23.1 Å². The maximum Gasteiger partial charge on any atom is 0.260 e. The first-order valence-electron chi connectivity index (χ1n) is 9.45. The topological polar surface area (TPSA) is 48.0 Å². The smallest absolute Gasteiger partial charge is 0.260 e. The summed E-state index contributed by atoms with van der Waals surface area (Å²) in [6.07, 6.45) is 3.82. The maximum absolute atomic E-state index is 12.8. The van der Waals surface area contributed by atoms with Crippen LogP contribution in [0.4, 0.5) is 0 Å². The van der Waals surface area contributed by atoms with E-state index in [0.29, 0.717) is 19.1 Å². The Morgan fingerprint density at radius 2 is 2.04 bits per heavy atom. The Labute approximate surface area is 150 Å². The predicted molar refractivity (Wildman–Crippen MR) is 95.7 cm³/mol. The highest BCUT2D eigenvalue weighted by atomic mass is 16.7. The molecule has 1 aromatic rings. The molecular formula is C20H29NO4. The number of benzene rings is 1. The second kappa shape index (κ2) is 8.68. The molecule has 5 heteroatoms. The van der Waals surface area contributed by atoms with Crippen molar-refractivity contribution < 1.29 is 19.0 Å².